The molecule has 11 heteroatoms. The van der Waals surface area contributed by atoms with Gasteiger partial charge < -0.3 is 10.1 Å². The Morgan fingerprint density at radius 1 is 0.769 bits per heavy atom. The number of fused-ring (bicyclic) bond motifs is 1. The van der Waals surface area contributed by atoms with Gasteiger partial charge in [0.25, 0.3) is 15.9 Å². The van der Waals surface area contributed by atoms with Crippen LogP contribution in [0.4, 0.5) is 11.4 Å². The fraction of sp³-hybridized carbons (Fsp3) is 0.321. The number of amides is 1. The van der Waals surface area contributed by atoms with E-state index in [0.29, 0.717) is 55.2 Å². The van der Waals surface area contributed by atoms with E-state index in [1.165, 1.54) is 52.1 Å². The summed E-state index contributed by atoms with van der Waals surface area (Å²) in [4.78, 5) is 13.3. The van der Waals surface area contributed by atoms with E-state index >= 15 is 0 Å². The van der Waals surface area contributed by atoms with Crippen LogP contribution in [0.3, 0.4) is 0 Å². The predicted molar refractivity (Wildman–Crippen MR) is 149 cm³/mol. The van der Waals surface area contributed by atoms with E-state index in [4.69, 9.17) is 4.74 Å². The zero-order chi connectivity index (χ0) is 27.6. The van der Waals surface area contributed by atoms with Crippen LogP contribution in [0, 0.1) is 0 Å². The smallest absolute Gasteiger partial charge is 0.264 e. The van der Waals surface area contributed by atoms with Crippen molar-refractivity contribution in [2.24, 2.45) is 0 Å². The minimum Gasteiger partial charge on any atom is -0.497 e. The first-order chi connectivity index (χ1) is 18.7. The Morgan fingerprint density at radius 3 is 2.08 bits per heavy atom. The van der Waals surface area contributed by atoms with Crippen LogP contribution < -0.4 is 14.4 Å². The second-order valence-electron chi connectivity index (χ2n) is 9.64. The van der Waals surface area contributed by atoms with Crippen molar-refractivity contribution in [3.05, 3.63) is 77.9 Å². The van der Waals surface area contributed by atoms with E-state index in [2.05, 4.69) is 5.32 Å². The summed E-state index contributed by atoms with van der Waals surface area (Å²) in [6, 6.07) is 17.4. The fourth-order valence-electron chi connectivity index (χ4n) is 5.00. The maximum atomic E-state index is 13.4. The number of hydrogen-bond donors (Lipinski definition) is 1. The van der Waals surface area contributed by atoms with E-state index in [-0.39, 0.29) is 15.7 Å². The summed E-state index contributed by atoms with van der Waals surface area (Å²) in [7, 11) is -5.81. The SMILES string of the molecule is COc1ccc(S(=O)(=O)N2CCCc3cc(NC(=O)c4ccc(S(=O)(=O)N5CCCCC5)cc4)ccc32)cc1. The van der Waals surface area contributed by atoms with Crippen LogP contribution in [-0.4, -0.2) is 53.8 Å². The van der Waals surface area contributed by atoms with Crippen molar-refractivity contribution in [1.29, 1.82) is 0 Å². The molecule has 39 heavy (non-hydrogen) atoms. The summed E-state index contributed by atoms with van der Waals surface area (Å²) in [6.07, 6.45) is 4.06. The lowest BCUT2D eigenvalue weighted by Gasteiger charge is -2.31. The van der Waals surface area contributed by atoms with Crippen LogP contribution in [0.1, 0.15) is 41.6 Å². The van der Waals surface area contributed by atoms with Gasteiger partial charge in [-0.25, -0.2) is 16.8 Å². The van der Waals surface area contributed by atoms with Gasteiger partial charge in [0.2, 0.25) is 10.0 Å². The van der Waals surface area contributed by atoms with Crippen LogP contribution >= 0.6 is 0 Å². The molecule has 0 spiro atoms. The molecule has 0 aliphatic carbocycles. The van der Waals surface area contributed by atoms with Gasteiger partial charge in [0, 0.05) is 30.9 Å². The molecular weight excluding hydrogens is 538 g/mol. The molecule has 0 saturated carbocycles. The molecule has 1 amide bonds. The molecule has 5 rings (SSSR count). The molecular formula is C28H31N3O6S2. The third-order valence-corrected chi connectivity index (χ3v) is 10.9. The summed E-state index contributed by atoms with van der Waals surface area (Å²) in [5, 5.41) is 2.85. The highest BCUT2D eigenvalue weighted by Crippen LogP contribution is 2.34. The number of nitrogens with one attached hydrogen (secondary N) is 1. The van der Waals surface area contributed by atoms with Gasteiger partial charge in [-0.2, -0.15) is 4.31 Å². The molecule has 1 fully saturated rings. The monoisotopic (exact) mass is 569 g/mol. The number of rotatable bonds is 7. The third-order valence-electron chi connectivity index (χ3n) is 7.13. The van der Waals surface area contributed by atoms with Crippen molar-refractivity contribution in [2.45, 2.75) is 41.9 Å². The quantitative estimate of drug-likeness (QED) is 0.455. The number of hydrogen-bond acceptors (Lipinski definition) is 6. The second kappa shape index (κ2) is 11.0. The van der Waals surface area contributed by atoms with Gasteiger partial charge in [-0.1, -0.05) is 6.42 Å². The Morgan fingerprint density at radius 2 is 1.41 bits per heavy atom. The molecule has 3 aromatic carbocycles. The molecule has 1 saturated heterocycles. The van der Waals surface area contributed by atoms with Crippen LogP contribution in [0.25, 0.3) is 0 Å². The highest BCUT2D eigenvalue weighted by molar-refractivity contribution is 7.92. The summed E-state index contributed by atoms with van der Waals surface area (Å²) in [5.41, 5.74) is 2.27. The minimum absolute atomic E-state index is 0.174. The normalized spacial score (nSPS) is 16.4. The fourth-order valence-corrected chi connectivity index (χ4v) is 8.06. The first-order valence-electron chi connectivity index (χ1n) is 12.9. The van der Waals surface area contributed by atoms with Crippen molar-refractivity contribution in [3.8, 4) is 5.75 Å². The largest absolute Gasteiger partial charge is 0.497 e. The van der Waals surface area contributed by atoms with Gasteiger partial charge in [-0.05, 0) is 98.0 Å². The summed E-state index contributed by atoms with van der Waals surface area (Å²) in [6.45, 7) is 1.39. The average molecular weight is 570 g/mol. The van der Waals surface area contributed by atoms with Gasteiger partial charge in [0.05, 0.1) is 22.6 Å². The molecule has 0 atom stereocenters. The Hall–Kier alpha value is -3.41. The summed E-state index contributed by atoms with van der Waals surface area (Å²) >= 11 is 0. The van der Waals surface area contributed by atoms with Crippen LogP contribution in [0.5, 0.6) is 5.75 Å². The van der Waals surface area contributed by atoms with Crippen molar-refractivity contribution >= 4 is 37.3 Å². The van der Waals surface area contributed by atoms with Gasteiger partial charge in [-0.15, -0.1) is 0 Å². The van der Waals surface area contributed by atoms with Gasteiger partial charge in [0.15, 0.2) is 0 Å². The number of methoxy groups -OCH3 is 1. The highest BCUT2D eigenvalue weighted by Gasteiger charge is 2.30. The lowest BCUT2D eigenvalue weighted by Crippen LogP contribution is -2.35. The Labute approximate surface area is 229 Å². The Bertz CT molecular complexity index is 1560. The minimum atomic E-state index is -3.77. The number of nitrogens with zero attached hydrogens (tertiary/aromatic N) is 2. The van der Waals surface area contributed by atoms with Crippen molar-refractivity contribution < 1.29 is 26.4 Å². The van der Waals surface area contributed by atoms with Crippen molar-refractivity contribution in [1.82, 2.24) is 4.31 Å². The standard InChI is InChI=1S/C28H31N3O6S2/c1-37-24-10-14-26(15-11-24)39(35,36)31-19-5-6-22-20-23(9-16-27(22)31)29-28(32)21-7-12-25(13-8-21)38(33,34)30-17-3-2-4-18-30/h7-16,20H,2-6,17-19H2,1H3,(H,29,32). The predicted octanol–water partition coefficient (Wildman–Crippen LogP) is 4.26. The van der Waals surface area contributed by atoms with Crippen LogP contribution in [0.2, 0.25) is 0 Å². The van der Waals surface area contributed by atoms with Crippen LogP contribution in [-0.2, 0) is 26.5 Å². The topological polar surface area (TPSA) is 113 Å². The molecule has 0 aromatic heterocycles. The Balaban J connectivity index is 1.31. The highest BCUT2D eigenvalue weighted by atomic mass is 32.2. The first kappa shape index (κ1) is 27.2. The second-order valence-corrected chi connectivity index (χ2v) is 13.4. The maximum absolute atomic E-state index is 13.4. The maximum Gasteiger partial charge on any atom is 0.264 e. The number of aryl methyl sites for hydroxylation is 1. The van der Waals surface area contributed by atoms with Gasteiger partial charge in [-0.3, -0.25) is 9.10 Å². The first-order valence-corrected chi connectivity index (χ1v) is 15.8. The molecule has 0 radical (unpaired) electrons. The average Bonchev–Trinajstić information content (AvgIpc) is 2.97. The molecule has 1 N–H and O–H groups in total. The van der Waals surface area contributed by atoms with E-state index in [0.717, 1.165) is 24.8 Å². The van der Waals surface area contributed by atoms with Crippen molar-refractivity contribution in [2.75, 3.05) is 36.4 Å². The lowest BCUT2D eigenvalue weighted by molar-refractivity contribution is 0.102. The number of ether oxygens (including phenoxy) is 1. The van der Waals surface area contributed by atoms with E-state index in [9.17, 15) is 21.6 Å². The van der Waals surface area contributed by atoms with Crippen molar-refractivity contribution in [3.63, 3.8) is 0 Å². The van der Waals surface area contributed by atoms with E-state index in [1.54, 1.807) is 30.3 Å². The van der Waals surface area contributed by atoms with Crippen LogP contribution in [0.15, 0.2) is 76.5 Å². The Kier molecular flexibility index (Phi) is 7.66. The van der Waals surface area contributed by atoms with Gasteiger partial charge >= 0.3 is 0 Å². The zero-order valence-electron chi connectivity index (χ0n) is 21.7. The number of anilines is 2. The molecule has 2 aliphatic heterocycles. The zero-order valence-corrected chi connectivity index (χ0v) is 23.3. The molecule has 9 nitrogen and oxygen atoms in total. The van der Waals surface area contributed by atoms with E-state index in [1.807, 2.05) is 0 Å². The number of carbonyl (C=O) groups is 1. The molecule has 0 unspecified atom stereocenters. The number of benzene rings is 3. The molecule has 0 bridgehead atoms. The number of carbonyl (C=O) groups excluding carboxylic acids is 1. The van der Waals surface area contributed by atoms with Gasteiger partial charge in [0.1, 0.15) is 5.75 Å². The molecule has 3 aromatic rings. The number of piperidine rings is 1. The summed E-state index contributed by atoms with van der Waals surface area (Å²) < 4.78 is 60.5. The molecule has 2 heterocycles. The third kappa shape index (κ3) is 5.52. The molecule has 2 aliphatic rings. The summed E-state index contributed by atoms with van der Waals surface area (Å²) in [5.74, 6) is 0.196. The molecule has 206 valence electrons. The van der Waals surface area contributed by atoms with E-state index < -0.39 is 20.0 Å². The lowest BCUT2D eigenvalue weighted by atomic mass is 10.0. The number of sulfonamides is 2.